The highest BCUT2D eigenvalue weighted by Gasteiger charge is 2.27. The van der Waals surface area contributed by atoms with Crippen LogP contribution in [0.4, 0.5) is 0 Å². The van der Waals surface area contributed by atoms with Gasteiger partial charge >= 0.3 is 0 Å². The Balaban J connectivity index is 4.09. The first-order valence-corrected chi connectivity index (χ1v) is 3.43. The number of Topliss-reactive ketones (excluding diaryl/α,β-unsaturated/α-hetero) is 1. The molecule has 0 aliphatic carbocycles. The second-order valence-electron chi connectivity index (χ2n) is 2.35. The first kappa shape index (κ1) is 11.5. The number of rotatable bonds is 5. The van der Waals surface area contributed by atoms with E-state index in [2.05, 4.69) is 0 Å². The minimum absolute atomic E-state index is 0.325. The lowest BCUT2D eigenvalue weighted by atomic mass is 10.1. The fourth-order valence-corrected chi connectivity index (χ4v) is 0.603. The van der Waals surface area contributed by atoms with Crippen LogP contribution >= 0.6 is 0 Å². The molecule has 12 heavy (non-hydrogen) atoms. The van der Waals surface area contributed by atoms with Crippen LogP contribution < -0.4 is 5.73 Å². The summed E-state index contributed by atoms with van der Waals surface area (Å²) in [6, 6.07) is 0. The van der Waals surface area contributed by atoms with Gasteiger partial charge in [0.2, 0.25) is 0 Å². The van der Waals surface area contributed by atoms with E-state index in [1.54, 1.807) is 0 Å². The Morgan fingerprint density at radius 3 is 2.17 bits per heavy atom. The van der Waals surface area contributed by atoms with Crippen LogP contribution in [0.15, 0.2) is 0 Å². The van der Waals surface area contributed by atoms with Gasteiger partial charge in [-0.1, -0.05) is 0 Å². The maximum absolute atomic E-state index is 10.8. The Morgan fingerprint density at radius 1 is 1.33 bits per heavy atom. The third kappa shape index (κ3) is 2.84. The minimum atomic E-state index is -1.78. The van der Waals surface area contributed by atoms with Gasteiger partial charge in [0.15, 0.2) is 5.78 Å². The second-order valence-corrected chi connectivity index (χ2v) is 2.35. The maximum atomic E-state index is 10.8. The molecule has 0 fully saturated rings. The summed E-state index contributed by atoms with van der Waals surface area (Å²) in [5.74, 6) is -0.987. The highest BCUT2D eigenvalue weighted by atomic mass is 16.4. The first-order chi connectivity index (χ1) is 5.54. The summed E-state index contributed by atoms with van der Waals surface area (Å²) in [6.07, 6.45) is -4.85. The van der Waals surface area contributed by atoms with Crippen LogP contribution in [0.1, 0.15) is 0 Å². The van der Waals surface area contributed by atoms with Crippen molar-refractivity contribution in [3.05, 3.63) is 0 Å². The maximum Gasteiger partial charge on any atom is 0.193 e. The summed E-state index contributed by atoms with van der Waals surface area (Å²) in [5.41, 5.74) is 4.93. The Morgan fingerprint density at radius 2 is 1.83 bits per heavy atom. The molecule has 72 valence electrons. The predicted octanol–water partition coefficient (Wildman–Crippen LogP) is -3.41. The summed E-state index contributed by atoms with van der Waals surface area (Å²) in [6.45, 7) is -1.07. The first-order valence-electron chi connectivity index (χ1n) is 3.43. The largest absolute Gasteiger partial charge is 0.394 e. The Bertz CT molecular complexity index is 151. The van der Waals surface area contributed by atoms with Crippen molar-refractivity contribution >= 4 is 5.78 Å². The van der Waals surface area contributed by atoms with Crippen molar-refractivity contribution in [1.29, 1.82) is 0 Å². The molecule has 0 spiro atoms. The van der Waals surface area contributed by atoms with Gasteiger partial charge < -0.3 is 26.2 Å². The van der Waals surface area contributed by atoms with Crippen molar-refractivity contribution in [2.75, 3.05) is 13.2 Å². The molecule has 0 aliphatic heterocycles. The van der Waals surface area contributed by atoms with E-state index in [4.69, 9.17) is 26.2 Å². The molecule has 0 unspecified atom stereocenters. The van der Waals surface area contributed by atoms with Crippen molar-refractivity contribution in [1.82, 2.24) is 0 Å². The molecule has 0 heterocycles. The van der Waals surface area contributed by atoms with Crippen LogP contribution in [-0.2, 0) is 4.79 Å². The molecule has 0 aromatic rings. The average Bonchev–Trinajstić information content (AvgIpc) is 2.12. The lowest BCUT2D eigenvalue weighted by Crippen LogP contribution is -2.44. The SMILES string of the molecule is NC[C@H](O)C(=O)[C@@H](O)[C@H](O)CO. The zero-order valence-corrected chi connectivity index (χ0v) is 6.42. The van der Waals surface area contributed by atoms with Gasteiger partial charge in [-0.3, -0.25) is 4.79 Å². The molecule has 0 amide bonds. The van der Waals surface area contributed by atoms with E-state index in [1.807, 2.05) is 0 Å². The number of carbonyl (C=O) groups excluding carboxylic acids is 1. The topological polar surface area (TPSA) is 124 Å². The fraction of sp³-hybridized carbons (Fsp3) is 0.833. The predicted molar refractivity (Wildman–Crippen MR) is 39.2 cm³/mol. The number of ketones is 1. The Hall–Kier alpha value is -0.530. The smallest absolute Gasteiger partial charge is 0.193 e. The third-order valence-corrected chi connectivity index (χ3v) is 1.39. The Kier molecular flexibility index (Phi) is 4.95. The van der Waals surface area contributed by atoms with Crippen LogP contribution in [0.5, 0.6) is 0 Å². The minimum Gasteiger partial charge on any atom is -0.394 e. The molecule has 3 atom stereocenters. The molecule has 0 aliphatic rings. The van der Waals surface area contributed by atoms with Gasteiger partial charge in [-0.05, 0) is 0 Å². The monoisotopic (exact) mass is 179 g/mol. The summed E-state index contributed by atoms with van der Waals surface area (Å²) < 4.78 is 0. The molecule has 0 radical (unpaired) electrons. The van der Waals surface area contributed by atoms with E-state index in [0.717, 1.165) is 0 Å². The number of aliphatic hydroxyl groups excluding tert-OH is 4. The standard InChI is InChI=1S/C6H13NO5/c7-1-3(9)5(11)6(12)4(10)2-8/h3-4,6,8-10,12H,1-2,7H2/t3-,4+,6-/m0/s1. The van der Waals surface area contributed by atoms with Crippen LogP contribution in [0.2, 0.25) is 0 Å². The average molecular weight is 179 g/mol. The number of carbonyl (C=O) groups is 1. The van der Waals surface area contributed by atoms with Crippen LogP contribution in [0.25, 0.3) is 0 Å². The number of hydrogen-bond donors (Lipinski definition) is 5. The molecular weight excluding hydrogens is 166 g/mol. The molecule has 0 saturated carbocycles. The van der Waals surface area contributed by atoms with Gasteiger partial charge in [0.05, 0.1) is 6.61 Å². The van der Waals surface area contributed by atoms with Crippen molar-refractivity contribution in [3.8, 4) is 0 Å². The molecular formula is C6H13NO5. The molecule has 6 N–H and O–H groups in total. The zero-order chi connectivity index (χ0) is 9.72. The number of hydrogen-bond acceptors (Lipinski definition) is 6. The molecule has 0 saturated heterocycles. The van der Waals surface area contributed by atoms with Crippen LogP contribution in [-0.4, -0.2) is 57.7 Å². The summed E-state index contributed by atoms with van der Waals surface area (Å²) in [7, 11) is 0. The van der Waals surface area contributed by atoms with Crippen LogP contribution in [0, 0.1) is 0 Å². The van der Waals surface area contributed by atoms with Crippen molar-refractivity contribution in [2.45, 2.75) is 18.3 Å². The third-order valence-electron chi connectivity index (χ3n) is 1.39. The van der Waals surface area contributed by atoms with E-state index in [-0.39, 0.29) is 6.54 Å². The Labute approximate surface area is 69.2 Å². The van der Waals surface area contributed by atoms with Crippen molar-refractivity contribution in [3.63, 3.8) is 0 Å². The molecule has 0 aromatic carbocycles. The van der Waals surface area contributed by atoms with Gasteiger partial charge in [-0.15, -0.1) is 0 Å². The molecule has 6 nitrogen and oxygen atoms in total. The molecule has 0 bridgehead atoms. The summed E-state index contributed by atoms with van der Waals surface area (Å²) >= 11 is 0. The van der Waals surface area contributed by atoms with Crippen molar-refractivity contribution < 1.29 is 25.2 Å². The second kappa shape index (κ2) is 5.18. The van der Waals surface area contributed by atoms with E-state index in [9.17, 15) is 4.79 Å². The lowest BCUT2D eigenvalue weighted by Gasteiger charge is -2.16. The zero-order valence-electron chi connectivity index (χ0n) is 6.42. The van der Waals surface area contributed by atoms with Crippen molar-refractivity contribution in [2.24, 2.45) is 5.73 Å². The highest BCUT2D eigenvalue weighted by molar-refractivity contribution is 5.87. The van der Waals surface area contributed by atoms with Crippen LogP contribution in [0.3, 0.4) is 0 Å². The quantitative estimate of drug-likeness (QED) is 0.299. The van der Waals surface area contributed by atoms with E-state index < -0.39 is 30.7 Å². The number of nitrogens with two attached hydrogens (primary N) is 1. The fourth-order valence-electron chi connectivity index (χ4n) is 0.603. The summed E-state index contributed by atoms with van der Waals surface area (Å²) in [5, 5.41) is 34.8. The normalized spacial score (nSPS) is 18.4. The van der Waals surface area contributed by atoms with Gasteiger partial charge in [0.25, 0.3) is 0 Å². The highest BCUT2D eigenvalue weighted by Crippen LogP contribution is 1.97. The molecule has 6 heteroatoms. The summed E-state index contributed by atoms with van der Waals surface area (Å²) in [4.78, 5) is 10.8. The van der Waals surface area contributed by atoms with E-state index in [0.29, 0.717) is 0 Å². The molecule has 0 rings (SSSR count). The van der Waals surface area contributed by atoms with Gasteiger partial charge in [-0.2, -0.15) is 0 Å². The van der Waals surface area contributed by atoms with Gasteiger partial charge in [0.1, 0.15) is 18.3 Å². The van der Waals surface area contributed by atoms with Gasteiger partial charge in [0, 0.05) is 6.54 Å². The molecule has 0 aromatic heterocycles. The van der Waals surface area contributed by atoms with Gasteiger partial charge in [-0.25, -0.2) is 0 Å². The van der Waals surface area contributed by atoms with E-state index in [1.165, 1.54) is 0 Å². The van der Waals surface area contributed by atoms with E-state index >= 15 is 0 Å². The number of aliphatic hydroxyl groups is 4. The lowest BCUT2D eigenvalue weighted by molar-refractivity contribution is -0.142.